The summed E-state index contributed by atoms with van der Waals surface area (Å²) in [6.07, 6.45) is 4.00. The Labute approximate surface area is 102 Å². The maximum Gasteiger partial charge on any atom is 0.311 e. The summed E-state index contributed by atoms with van der Waals surface area (Å²) in [7, 11) is 0. The van der Waals surface area contributed by atoms with Crippen LogP contribution in [0.2, 0.25) is 0 Å². The summed E-state index contributed by atoms with van der Waals surface area (Å²) in [4.78, 5) is 15.8. The highest BCUT2D eigenvalue weighted by atomic mass is 16.6. The summed E-state index contributed by atoms with van der Waals surface area (Å²) >= 11 is 0. The molecule has 0 aromatic carbocycles. The maximum absolute atomic E-state index is 11.9. The van der Waals surface area contributed by atoms with Crippen LogP contribution in [-0.4, -0.2) is 23.1 Å². The molecule has 1 rings (SSSR count). The molecule has 0 radical (unpaired) electrons. The lowest BCUT2D eigenvalue weighted by Crippen LogP contribution is -2.33. The Kier molecular flexibility index (Phi) is 4.63. The van der Waals surface area contributed by atoms with Gasteiger partial charge in [-0.25, -0.2) is 0 Å². The third kappa shape index (κ3) is 4.95. The summed E-state index contributed by atoms with van der Waals surface area (Å²) in [5.41, 5.74) is 6.20. The highest BCUT2D eigenvalue weighted by Crippen LogP contribution is 2.14. The molecule has 0 fully saturated rings. The number of hydrogen-bond acceptors (Lipinski definition) is 4. The molecule has 1 aromatic rings. The van der Waals surface area contributed by atoms with E-state index in [1.54, 1.807) is 12.4 Å². The number of carbonyl (C=O) groups excluding carboxylic acids is 1. The van der Waals surface area contributed by atoms with Gasteiger partial charge in [0.1, 0.15) is 5.60 Å². The summed E-state index contributed by atoms with van der Waals surface area (Å²) in [6.45, 7) is 5.85. The fraction of sp³-hybridized carbons (Fsp3) is 0.538. The molecule has 94 valence electrons. The van der Waals surface area contributed by atoms with Crippen LogP contribution in [0, 0.1) is 5.92 Å². The van der Waals surface area contributed by atoms with Gasteiger partial charge in [-0.2, -0.15) is 0 Å². The Bertz CT molecular complexity index is 357. The van der Waals surface area contributed by atoms with E-state index in [0.717, 1.165) is 5.56 Å². The molecule has 1 aromatic heterocycles. The first-order valence-electron chi connectivity index (χ1n) is 5.74. The quantitative estimate of drug-likeness (QED) is 0.805. The minimum Gasteiger partial charge on any atom is -0.460 e. The van der Waals surface area contributed by atoms with Crippen LogP contribution in [0.4, 0.5) is 0 Å². The Morgan fingerprint density at radius 3 is 2.47 bits per heavy atom. The van der Waals surface area contributed by atoms with Gasteiger partial charge in [-0.05, 0) is 44.9 Å². The lowest BCUT2D eigenvalue weighted by Gasteiger charge is -2.23. The van der Waals surface area contributed by atoms with Crippen molar-refractivity contribution in [2.45, 2.75) is 32.8 Å². The highest BCUT2D eigenvalue weighted by molar-refractivity contribution is 5.73. The van der Waals surface area contributed by atoms with Gasteiger partial charge >= 0.3 is 5.97 Å². The van der Waals surface area contributed by atoms with Gasteiger partial charge in [0.05, 0.1) is 5.92 Å². The number of carbonyl (C=O) groups is 1. The van der Waals surface area contributed by atoms with Gasteiger partial charge in [-0.15, -0.1) is 0 Å². The Morgan fingerprint density at radius 1 is 1.41 bits per heavy atom. The van der Waals surface area contributed by atoms with E-state index in [-0.39, 0.29) is 18.4 Å². The van der Waals surface area contributed by atoms with Gasteiger partial charge in [-0.3, -0.25) is 9.78 Å². The first kappa shape index (κ1) is 13.6. The normalized spacial score (nSPS) is 13.2. The molecule has 0 aliphatic heterocycles. The Hall–Kier alpha value is -1.42. The van der Waals surface area contributed by atoms with Crippen molar-refractivity contribution in [1.29, 1.82) is 0 Å². The van der Waals surface area contributed by atoms with E-state index < -0.39 is 5.60 Å². The number of nitrogens with zero attached hydrogens (tertiary/aromatic N) is 1. The van der Waals surface area contributed by atoms with Gasteiger partial charge in [0, 0.05) is 18.9 Å². The second kappa shape index (κ2) is 5.77. The minimum atomic E-state index is -0.469. The molecule has 0 aliphatic carbocycles. The molecule has 0 aliphatic rings. The first-order valence-corrected chi connectivity index (χ1v) is 5.74. The van der Waals surface area contributed by atoms with E-state index in [1.807, 2.05) is 32.9 Å². The van der Waals surface area contributed by atoms with Crippen molar-refractivity contribution in [2.24, 2.45) is 11.7 Å². The van der Waals surface area contributed by atoms with Crippen LogP contribution in [0.25, 0.3) is 0 Å². The fourth-order valence-electron chi connectivity index (χ4n) is 1.45. The monoisotopic (exact) mass is 236 g/mol. The van der Waals surface area contributed by atoms with E-state index in [2.05, 4.69) is 4.98 Å². The molecule has 1 heterocycles. The van der Waals surface area contributed by atoms with E-state index in [4.69, 9.17) is 10.5 Å². The smallest absolute Gasteiger partial charge is 0.311 e. The molecule has 4 heteroatoms. The molecular weight excluding hydrogens is 216 g/mol. The third-order valence-electron chi connectivity index (χ3n) is 2.26. The largest absolute Gasteiger partial charge is 0.460 e. The SMILES string of the molecule is CC(C)(C)OC(=O)C(CN)Cc1ccncc1. The van der Waals surface area contributed by atoms with Crippen LogP contribution < -0.4 is 5.73 Å². The van der Waals surface area contributed by atoms with Gasteiger partial charge in [0.25, 0.3) is 0 Å². The predicted octanol–water partition coefficient (Wildman–Crippen LogP) is 1.54. The average molecular weight is 236 g/mol. The number of esters is 1. The zero-order chi connectivity index (χ0) is 12.9. The lowest BCUT2D eigenvalue weighted by atomic mass is 10.00. The molecule has 0 saturated carbocycles. The maximum atomic E-state index is 11.9. The average Bonchev–Trinajstić information content (AvgIpc) is 2.24. The number of ether oxygens (including phenoxy) is 1. The molecule has 1 atom stereocenters. The summed E-state index contributed by atoms with van der Waals surface area (Å²) in [5.74, 6) is -0.534. The fourth-order valence-corrected chi connectivity index (χ4v) is 1.45. The van der Waals surface area contributed by atoms with Crippen molar-refractivity contribution < 1.29 is 9.53 Å². The van der Waals surface area contributed by atoms with Crippen molar-refractivity contribution in [3.05, 3.63) is 30.1 Å². The van der Waals surface area contributed by atoms with Crippen LogP contribution in [0.1, 0.15) is 26.3 Å². The zero-order valence-electron chi connectivity index (χ0n) is 10.6. The Morgan fingerprint density at radius 2 is 2.00 bits per heavy atom. The number of hydrogen-bond donors (Lipinski definition) is 1. The van der Waals surface area contributed by atoms with Crippen LogP contribution >= 0.6 is 0 Å². The molecule has 1 unspecified atom stereocenters. The van der Waals surface area contributed by atoms with E-state index >= 15 is 0 Å². The summed E-state index contributed by atoms with van der Waals surface area (Å²) < 4.78 is 5.33. The van der Waals surface area contributed by atoms with Crippen LogP contribution in [0.3, 0.4) is 0 Å². The predicted molar refractivity (Wildman–Crippen MR) is 66.3 cm³/mol. The molecule has 0 saturated heterocycles. The van der Waals surface area contributed by atoms with Gasteiger partial charge in [-0.1, -0.05) is 0 Å². The topological polar surface area (TPSA) is 65.2 Å². The highest BCUT2D eigenvalue weighted by Gasteiger charge is 2.24. The van der Waals surface area contributed by atoms with Crippen LogP contribution in [-0.2, 0) is 16.0 Å². The van der Waals surface area contributed by atoms with Gasteiger partial charge < -0.3 is 10.5 Å². The molecule has 0 bridgehead atoms. The molecular formula is C13H20N2O2. The second-order valence-electron chi connectivity index (χ2n) is 5.03. The number of nitrogens with two attached hydrogens (primary N) is 1. The van der Waals surface area contributed by atoms with Crippen LogP contribution in [0.15, 0.2) is 24.5 Å². The van der Waals surface area contributed by atoms with Gasteiger partial charge in [0.2, 0.25) is 0 Å². The van der Waals surface area contributed by atoms with Crippen molar-refractivity contribution in [3.63, 3.8) is 0 Å². The van der Waals surface area contributed by atoms with Gasteiger partial charge in [0.15, 0.2) is 0 Å². The lowest BCUT2D eigenvalue weighted by molar-refractivity contribution is -0.159. The number of aromatic nitrogens is 1. The second-order valence-corrected chi connectivity index (χ2v) is 5.03. The van der Waals surface area contributed by atoms with E-state index in [0.29, 0.717) is 6.42 Å². The van der Waals surface area contributed by atoms with Crippen LogP contribution in [0.5, 0.6) is 0 Å². The van der Waals surface area contributed by atoms with Crippen molar-refractivity contribution in [1.82, 2.24) is 4.98 Å². The van der Waals surface area contributed by atoms with E-state index in [9.17, 15) is 4.79 Å². The van der Waals surface area contributed by atoms with Crippen molar-refractivity contribution >= 4 is 5.97 Å². The van der Waals surface area contributed by atoms with E-state index in [1.165, 1.54) is 0 Å². The summed E-state index contributed by atoms with van der Waals surface area (Å²) in [6, 6.07) is 3.76. The number of pyridine rings is 1. The molecule has 2 N–H and O–H groups in total. The van der Waals surface area contributed by atoms with Crippen molar-refractivity contribution in [3.8, 4) is 0 Å². The molecule has 0 spiro atoms. The zero-order valence-corrected chi connectivity index (χ0v) is 10.6. The standard InChI is InChI=1S/C13H20N2O2/c1-13(2,3)17-12(16)11(9-14)8-10-4-6-15-7-5-10/h4-7,11H,8-9,14H2,1-3H3. The number of rotatable bonds is 4. The summed E-state index contributed by atoms with van der Waals surface area (Å²) in [5, 5.41) is 0. The minimum absolute atomic E-state index is 0.239. The first-order chi connectivity index (χ1) is 7.92. The Balaban J connectivity index is 2.63. The molecule has 17 heavy (non-hydrogen) atoms. The van der Waals surface area contributed by atoms with Crippen molar-refractivity contribution in [2.75, 3.05) is 6.54 Å². The third-order valence-corrected chi connectivity index (χ3v) is 2.26. The molecule has 0 amide bonds. The molecule has 4 nitrogen and oxygen atoms in total.